The summed E-state index contributed by atoms with van der Waals surface area (Å²) in [5, 5.41) is 0. The van der Waals surface area contributed by atoms with Gasteiger partial charge in [0.15, 0.2) is 0 Å². The van der Waals surface area contributed by atoms with Crippen molar-refractivity contribution in [3.63, 3.8) is 0 Å². The Morgan fingerprint density at radius 2 is 1.89 bits per heavy atom. The second-order valence-electron chi connectivity index (χ2n) is 7.92. The van der Waals surface area contributed by atoms with Gasteiger partial charge in [-0.1, -0.05) is 24.3 Å². The van der Waals surface area contributed by atoms with Gasteiger partial charge in [-0.25, -0.2) is 0 Å². The fourth-order valence-electron chi connectivity index (χ4n) is 4.41. The van der Waals surface area contributed by atoms with Crippen molar-refractivity contribution >= 4 is 5.91 Å². The number of hydrogen-bond acceptors (Lipinski definition) is 4. The molecule has 1 amide bonds. The van der Waals surface area contributed by atoms with Gasteiger partial charge in [0.2, 0.25) is 5.91 Å². The Morgan fingerprint density at radius 3 is 2.71 bits per heavy atom. The summed E-state index contributed by atoms with van der Waals surface area (Å²) in [6.07, 6.45) is 5.53. The summed E-state index contributed by atoms with van der Waals surface area (Å²) >= 11 is 0. The van der Waals surface area contributed by atoms with Crippen LogP contribution in [-0.4, -0.2) is 53.0 Å². The SMILES string of the molecule is O=C(CCCOc1ccccc1)N1C[C@H]2CC[C@@H]1CN(Cc1ccccn1)C2. The maximum absolute atomic E-state index is 12.9. The van der Waals surface area contributed by atoms with Crippen molar-refractivity contribution in [3.8, 4) is 5.75 Å². The van der Waals surface area contributed by atoms with Crippen LogP contribution in [0.1, 0.15) is 31.4 Å². The Morgan fingerprint density at radius 1 is 1.04 bits per heavy atom. The normalized spacial score (nSPS) is 22.1. The summed E-state index contributed by atoms with van der Waals surface area (Å²) in [6, 6.07) is 16.2. The number of aromatic nitrogens is 1. The molecule has 2 atom stereocenters. The van der Waals surface area contributed by atoms with Crippen LogP contribution in [-0.2, 0) is 11.3 Å². The molecular formula is C23H29N3O2. The Balaban J connectivity index is 1.27. The number of para-hydroxylation sites is 1. The molecular weight excluding hydrogens is 350 g/mol. The van der Waals surface area contributed by atoms with Crippen LogP contribution in [0.4, 0.5) is 0 Å². The molecule has 3 saturated heterocycles. The molecule has 28 heavy (non-hydrogen) atoms. The summed E-state index contributed by atoms with van der Waals surface area (Å²) in [6.45, 7) is 4.39. The van der Waals surface area contributed by atoms with Gasteiger partial charge in [0.1, 0.15) is 5.75 Å². The Kier molecular flexibility index (Phi) is 6.22. The van der Waals surface area contributed by atoms with Gasteiger partial charge in [0.05, 0.1) is 12.3 Å². The molecule has 0 unspecified atom stereocenters. The summed E-state index contributed by atoms with van der Waals surface area (Å²) in [4.78, 5) is 22.0. The second-order valence-corrected chi connectivity index (χ2v) is 7.92. The van der Waals surface area contributed by atoms with E-state index in [4.69, 9.17) is 4.74 Å². The fraction of sp³-hybridized carbons (Fsp3) is 0.478. The average Bonchev–Trinajstić information content (AvgIpc) is 3.03. The summed E-state index contributed by atoms with van der Waals surface area (Å²) in [5.74, 6) is 1.73. The molecule has 0 spiro atoms. The molecule has 0 radical (unpaired) electrons. The molecule has 3 aliphatic heterocycles. The molecule has 3 aliphatic rings. The van der Waals surface area contributed by atoms with Gasteiger partial charge < -0.3 is 9.64 Å². The third kappa shape index (κ3) is 4.90. The molecule has 148 valence electrons. The van der Waals surface area contributed by atoms with Crippen molar-refractivity contribution < 1.29 is 9.53 Å². The minimum atomic E-state index is 0.283. The zero-order valence-corrected chi connectivity index (χ0v) is 16.4. The largest absolute Gasteiger partial charge is 0.494 e. The van der Waals surface area contributed by atoms with Crippen LogP contribution >= 0.6 is 0 Å². The van der Waals surface area contributed by atoms with Crippen LogP contribution in [0.25, 0.3) is 0 Å². The molecule has 2 bridgehead atoms. The van der Waals surface area contributed by atoms with E-state index < -0.39 is 0 Å². The lowest BCUT2D eigenvalue weighted by atomic mass is 9.94. The first-order valence-corrected chi connectivity index (χ1v) is 10.4. The van der Waals surface area contributed by atoms with Crippen LogP contribution in [0.3, 0.4) is 0 Å². The standard InChI is InChI=1S/C23H29N3O2/c27-23(10-6-14-28-22-8-2-1-3-9-22)26-16-19-11-12-21(26)18-25(15-19)17-20-7-4-5-13-24-20/h1-5,7-9,13,19,21H,6,10-12,14-18H2/t19-,21+/m0/s1. The van der Waals surface area contributed by atoms with Gasteiger partial charge in [-0.15, -0.1) is 0 Å². The maximum Gasteiger partial charge on any atom is 0.223 e. The summed E-state index contributed by atoms with van der Waals surface area (Å²) in [5.41, 5.74) is 1.11. The minimum absolute atomic E-state index is 0.283. The number of carbonyl (C=O) groups excluding carboxylic acids is 1. The smallest absolute Gasteiger partial charge is 0.223 e. The van der Waals surface area contributed by atoms with Gasteiger partial charge in [-0.3, -0.25) is 14.7 Å². The van der Waals surface area contributed by atoms with E-state index in [9.17, 15) is 4.79 Å². The highest BCUT2D eigenvalue weighted by molar-refractivity contribution is 5.76. The van der Waals surface area contributed by atoms with Crippen LogP contribution in [0.15, 0.2) is 54.7 Å². The number of benzene rings is 1. The van der Waals surface area contributed by atoms with Crippen molar-refractivity contribution in [1.82, 2.24) is 14.8 Å². The van der Waals surface area contributed by atoms with Crippen molar-refractivity contribution in [1.29, 1.82) is 0 Å². The number of nitrogens with zero attached hydrogens (tertiary/aromatic N) is 3. The van der Waals surface area contributed by atoms with Gasteiger partial charge in [-0.05, 0) is 49.4 Å². The van der Waals surface area contributed by atoms with Gasteiger partial charge in [-0.2, -0.15) is 0 Å². The molecule has 2 aromatic rings. The molecule has 0 aliphatic carbocycles. The zero-order chi connectivity index (χ0) is 19.2. The number of pyridine rings is 1. The lowest BCUT2D eigenvalue weighted by molar-refractivity contribution is -0.135. The van der Waals surface area contributed by atoms with E-state index in [2.05, 4.69) is 20.9 Å². The quantitative estimate of drug-likeness (QED) is 0.692. The van der Waals surface area contributed by atoms with Crippen molar-refractivity contribution in [2.45, 2.75) is 38.3 Å². The molecule has 5 nitrogen and oxygen atoms in total. The van der Waals surface area contributed by atoms with E-state index in [1.165, 1.54) is 6.42 Å². The molecule has 0 saturated carbocycles. The van der Waals surface area contributed by atoms with E-state index in [0.29, 0.717) is 25.0 Å². The number of carbonyl (C=O) groups is 1. The van der Waals surface area contributed by atoms with Crippen LogP contribution in [0.5, 0.6) is 5.75 Å². The number of hydrogen-bond donors (Lipinski definition) is 0. The van der Waals surface area contributed by atoms with Crippen LogP contribution in [0.2, 0.25) is 0 Å². The lowest BCUT2D eigenvalue weighted by Gasteiger charge is -2.36. The number of ether oxygens (including phenoxy) is 1. The summed E-state index contributed by atoms with van der Waals surface area (Å²) in [7, 11) is 0. The highest BCUT2D eigenvalue weighted by Crippen LogP contribution is 2.29. The Labute approximate surface area is 167 Å². The Hall–Kier alpha value is -2.40. The molecule has 1 aromatic heterocycles. The number of piperidine rings is 1. The first-order chi connectivity index (χ1) is 13.8. The maximum atomic E-state index is 12.9. The number of fused-ring (bicyclic) bond motifs is 4. The first-order valence-electron chi connectivity index (χ1n) is 10.4. The average molecular weight is 380 g/mol. The monoisotopic (exact) mass is 379 g/mol. The minimum Gasteiger partial charge on any atom is -0.494 e. The first kappa shape index (κ1) is 18.9. The second kappa shape index (κ2) is 9.20. The van der Waals surface area contributed by atoms with E-state index in [0.717, 1.165) is 50.5 Å². The number of rotatable bonds is 7. The van der Waals surface area contributed by atoms with E-state index in [-0.39, 0.29) is 5.91 Å². The highest BCUT2D eigenvalue weighted by Gasteiger charge is 2.36. The van der Waals surface area contributed by atoms with Gasteiger partial charge in [0, 0.05) is 44.8 Å². The topological polar surface area (TPSA) is 45.7 Å². The van der Waals surface area contributed by atoms with Crippen molar-refractivity contribution in [3.05, 3.63) is 60.4 Å². The van der Waals surface area contributed by atoms with E-state index in [1.807, 2.05) is 48.7 Å². The van der Waals surface area contributed by atoms with Crippen molar-refractivity contribution in [2.75, 3.05) is 26.2 Å². The molecule has 3 fully saturated rings. The van der Waals surface area contributed by atoms with Crippen molar-refractivity contribution in [2.24, 2.45) is 5.92 Å². The molecule has 1 aromatic carbocycles. The Bertz CT molecular complexity index is 753. The predicted octanol–water partition coefficient (Wildman–Crippen LogP) is 3.36. The third-order valence-corrected chi connectivity index (χ3v) is 5.77. The fourth-order valence-corrected chi connectivity index (χ4v) is 4.41. The van der Waals surface area contributed by atoms with E-state index in [1.54, 1.807) is 0 Å². The highest BCUT2D eigenvalue weighted by atomic mass is 16.5. The molecule has 5 heteroatoms. The van der Waals surface area contributed by atoms with Gasteiger partial charge in [0.25, 0.3) is 0 Å². The lowest BCUT2D eigenvalue weighted by Crippen LogP contribution is -2.47. The summed E-state index contributed by atoms with van der Waals surface area (Å²) < 4.78 is 5.73. The zero-order valence-electron chi connectivity index (χ0n) is 16.4. The molecule has 0 N–H and O–H groups in total. The third-order valence-electron chi connectivity index (χ3n) is 5.77. The van der Waals surface area contributed by atoms with Gasteiger partial charge >= 0.3 is 0 Å². The van der Waals surface area contributed by atoms with Crippen LogP contribution < -0.4 is 4.74 Å². The predicted molar refractivity (Wildman–Crippen MR) is 109 cm³/mol. The van der Waals surface area contributed by atoms with E-state index >= 15 is 0 Å². The molecule has 5 rings (SSSR count). The number of amides is 1. The van der Waals surface area contributed by atoms with Crippen LogP contribution in [0, 0.1) is 5.92 Å². The molecule has 4 heterocycles.